The molecule has 6 heteroatoms. The van der Waals surface area contributed by atoms with E-state index in [0.717, 1.165) is 77.6 Å². The van der Waals surface area contributed by atoms with Crippen LogP contribution in [0.1, 0.15) is 0 Å². The summed E-state index contributed by atoms with van der Waals surface area (Å²) in [4.78, 5) is 10.3. The number of hydrogen-bond acceptors (Lipinski definition) is 3. The first-order valence-corrected chi connectivity index (χ1v) is 19.0. The van der Waals surface area contributed by atoms with E-state index in [0.29, 0.717) is 5.82 Å². The third kappa shape index (κ3) is 4.67. The molecule has 1 atom stereocenters. The van der Waals surface area contributed by atoms with E-state index in [2.05, 4.69) is 82.0 Å². The lowest BCUT2D eigenvalue weighted by Crippen LogP contribution is -2.33. The Labute approximate surface area is 301 Å². The van der Waals surface area contributed by atoms with Crippen LogP contribution in [0.5, 0.6) is 0 Å². The lowest BCUT2D eigenvalue weighted by molar-refractivity contribution is 0.587. The summed E-state index contributed by atoms with van der Waals surface area (Å²) in [5.41, 5.74) is 8.56. The number of nitrogens with zero attached hydrogens (tertiary/aromatic N) is 4. The largest absolute Gasteiger partial charge is 0.294 e. The molecule has 7 aromatic carbocycles. The molecule has 52 heavy (non-hydrogen) atoms. The summed E-state index contributed by atoms with van der Waals surface area (Å²) in [6, 6.07) is 63.7. The Kier molecular flexibility index (Phi) is 7.02. The van der Waals surface area contributed by atoms with Gasteiger partial charge in [-0.05, 0) is 54.1 Å². The molecule has 0 saturated heterocycles. The molecular formula is C46H31N4OP. The second-order valence-electron chi connectivity index (χ2n) is 13.0. The Morgan fingerprint density at radius 2 is 1.10 bits per heavy atom. The first-order valence-electron chi connectivity index (χ1n) is 17.4. The number of anilines is 2. The smallest absolute Gasteiger partial charge is 0.234 e. The first kappa shape index (κ1) is 30.3. The molecule has 5 nitrogen and oxygen atoms in total. The van der Waals surface area contributed by atoms with E-state index in [1.807, 2.05) is 115 Å². The van der Waals surface area contributed by atoms with Crippen LogP contribution in [-0.2, 0) is 4.57 Å². The third-order valence-electron chi connectivity index (χ3n) is 9.97. The summed E-state index contributed by atoms with van der Waals surface area (Å²) < 4.78 is 20.4. The molecule has 246 valence electrons. The average Bonchev–Trinajstić information content (AvgIpc) is 3.55. The monoisotopic (exact) mass is 686 g/mol. The number of para-hydroxylation sites is 2. The minimum atomic E-state index is -3.42. The highest BCUT2D eigenvalue weighted by Crippen LogP contribution is 2.61. The van der Waals surface area contributed by atoms with E-state index in [4.69, 9.17) is 9.97 Å². The number of fused-ring (bicyclic) bond motifs is 6. The van der Waals surface area contributed by atoms with Gasteiger partial charge in [-0.1, -0.05) is 133 Å². The fourth-order valence-corrected chi connectivity index (χ4v) is 10.7. The quantitative estimate of drug-likeness (QED) is 0.169. The maximum absolute atomic E-state index is 16.1. The summed E-state index contributed by atoms with van der Waals surface area (Å²) >= 11 is 0. The third-order valence-corrected chi connectivity index (χ3v) is 13.0. The van der Waals surface area contributed by atoms with Crippen LogP contribution in [-0.4, -0.2) is 14.5 Å². The van der Waals surface area contributed by atoms with E-state index in [1.165, 1.54) is 0 Å². The van der Waals surface area contributed by atoms with Crippen LogP contribution < -0.4 is 15.3 Å². The number of hydrogen-bond donors (Lipinski definition) is 0. The van der Waals surface area contributed by atoms with Crippen molar-refractivity contribution in [1.82, 2.24) is 14.5 Å². The number of aromatic nitrogens is 3. The van der Waals surface area contributed by atoms with Gasteiger partial charge in [-0.15, -0.1) is 0 Å². The van der Waals surface area contributed by atoms with Gasteiger partial charge in [0.2, 0.25) is 7.29 Å². The fraction of sp³-hybridized carbons (Fsp3) is 0. The Morgan fingerprint density at radius 3 is 1.85 bits per heavy atom. The van der Waals surface area contributed by atoms with Crippen molar-refractivity contribution in [2.45, 2.75) is 0 Å². The molecule has 3 heterocycles. The van der Waals surface area contributed by atoms with Crippen LogP contribution in [0, 0.1) is 0 Å². The van der Waals surface area contributed by atoms with Gasteiger partial charge in [-0.25, -0.2) is 9.97 Å². The molecule has 10 rings (SSSR count). The summed E-state index contributed by atoms with van der Waals surface area (Å²) in [5.74, 6) is 1.40. The first-order chi connectivity index (χ1) is 25.7. The average molecular weight is 687 g/mol. The van der Waals surface area contributed by atoms with Gasteiger partial charge in [0.25, 0.3) is 0 Å². The molecule has 0 amide bonds. The lowest BCUT2D eigenvalue weighted by atomic mass is 9.99. The van der Waals surface area contributed by atoms with Gasteiger partial charge in [-0.2, -0.15) is 0 Å². The van der Waals surface area contributed by atoms with Crippen molar-refractivity contribution >= 4 is 51.1 Å². The van der Waals surface area contributed by atoms with E-state index in [1.54, 1.807) is 0 Å². The van der Waals surface area contributed by atoms with E-state index >= 15 is 4.57 Å². The van der Waals surface area contributed by atoms with Gasteiger partial charge in [-0.3, -0.25) is 13.8 Å². The van der Waals surface area contributed by atoms with Crippen molar-refractivity contribution in [2.24, 2.45) is 0 Å². The predicted molar refractivity (Wildman–Crippen MR) is 215 cm³/mol. The van der Waals surface area contributed by atoms with Gasteiger partial charge in [0, 0.05) is 49.8 Å². The summed E-state index contributed by atoms with van der Waals surface area (Å²) in [5, 5.41) is 3.82. The molecule has 0 N–H and O–H groups in total. The summed E-state index contributed by atoms with van der Waals surface area (Å²) in [7, 11) is -3.42. The minimum absolute atomic E-state index is 0.647. The molecule has 0 spiro atoms. The minimum Gasteiger partial charge on any atom is -0.294 e. The zero-order chi connectivity index (χ0) is 34.6. The predicted octanol–water partition coefficient (Wildman–Crippen LogP) is 11.0. The van der Waals surface area contributed by atoms with Crippen LogP contribution in [0.25, 0.3) is 61.4 Å². The van der Waals surface area contributed by atoms with Crippen LogP contribution in [0.3, 0.4) is 0 Å². The van der Waals surface area contributed by atoms with E-state index in [-0.39, 0.29) is 0 Å². The highest BCUT2D eigenvalue weighted by molar-refractivity contribution is 7.80. The molecule has 1 aliphatic heterocycles. The fourth-order valence-electron chi connectivity index (χ4n) is 7.64. The molecule has 9 aromatic rings. The van der Waals surface area contributed by atoms with Gasteiger partial charge < -0.3 is 0 Å². The molecule has 0 bridgehead atoms. The Bertz CT molecular complexity index is 2760. The Morgan fingerprint density at radius 1 is 0.481 bits per heavy atom. The second-order valence-corrected chi connectivity index (χ2v) is 15.5. The van der Waals surface area contributed by atoms with Crippen molar-refractivity contribution in [2.75, 3.05) is 4.67 Å². The van der Waals surface area contributed by atoms with Crippen LogP contribution in [0.2, 0.25) is 0 Å². The zero-order valence-corrected chi connectivity index (χ0v) is 28.9. The SMILES string of the molecule is O=P1(c2ccccc2)c2ccccc2-c2cc3c4ccccc4n(-c4cc(-c5ccccc5)nc(-c5ccccc5)n4)c3cc2N1c1ccccc1. The van der Waals surface area contributed by atoms with Gasteiger partial charge in [0.05, 0.1) is 22.4 Å². The molecule has 1 unspecified atom stereocenters. The van der Waals surface area contributed by atoms with Crippen molar-refractivity contribution in [1.29, 1.82) is 0 Å². The zero-order valence-electron chi connectivity index (χ0n) is 28.0. The van der Waals surface area contributed by atoms with Crippen molar-refractivity contribution in [3.8, 4) is 39.6 Å². The molecular weight excluding hydrogens is 656 g/mol. The van der Waals surface area contributed by atoms with E-state index in [9.17, 15) is 0 Å². The van der Waals surface area contributed by atoms with Gasteiger partial charge in [0.15, 0.2) is 5.82 Å². The molecule has 1 aliphatic rings. The van der Waals surface area contributed by atoms with Crippen molar-refractivity contribution < 1.29 is 4.57 Å². The molecule has 2 aromatic heterocycles. The Balaban J connectivity index is 1.32. The van der Waals surface area contributed by atoms with Crippen LogP contribution in [0.4, 0.5) is 11.4 Å². The number of rotatable bonds is 5. The van der Waals surface area contributed by atoms with Gasteiger partial charge >= 0.3 is 0 Å². The highest BCUT2D eigenvalue weighted by atomic mass is 31.2. The van der Waals surface area contributed by atoms with Crippen LogP contribution >= 0.6 is 7.29 Å². The second kappa shape index (κ2) is 12.1. The highest BCUT2D eigenvalue weighted by Gasteiger charge is 2.43. The Hall–Kier alpha value is -6.55. The molecule has 0 fully saturated rings. The summed E-state index contributed by atoms with van der Waals surface area (Å²) in [6.45, 7) is 0. The van der Waals surface area contributed by atoms with E-state index < -0.39 is 7.29 Å². The lowest BCUT2D eigenvalue weighted by Gasteiger charge is -2.40. The molecule has 0 radical (unpaired) electrons. The standard InChI is InChI=1S/C46H31N4OP/c51-52(35-23-11-4-12-24-35)44-28-16-14-26-37(44)39-29-38-36-25-13-15-27-41(36)49(42(38)31-43(39)50(52)34-21-9-3-10-22-34)45-30-40(32-17-5-1-6-18-32)47-46(48-45)33-19-7-2-8-20-33/h1-31H. The van der Waals surface area contributed by atoms with Crippen LogP contribution in [0.15, 0.2) is 188 Å². The molecule has 0 aliphatic carbocycles. The topological polar surface area (TPSA) is 51.0 Å². The maximum atomic E-state index is 16.1. The molecule has 0 saturated carbocycles. The van der Waals surface area contributed by atoms with Crippen molar-refractivity contribution in [3.63, 3.8) is 0 Å². The summed E-state index contributed by atoms with van der Waals surface area (Å²) in [6.07, 6.45) is 0. The maximum Gasteiger partial charge on any atom is 0.234 e. The number of benzene rings is 7. The normalized spacial score (nSPS) is 15.0. The van der Waals surface area contributed by atoms with Crippen molar-refractivity contribution in [3.05, 3.63) is 188 Å². The van der Waals surface area contributed by atoms with Gasteiger partial charge in [0.1, 0.15) is 5.82 Å².